The number of allylic oxidation sites excluding steroid dienone is 1. The van der Waals surface area contributed by atoms with Crippen LogP contribution in [0.25, 0.3) is 11.1 Å². The highest BCUT2D eigenvalue weighted by Gasteiger charge is 2.38. The lowest BCUT2D eigenvalue weighted by Gasteiger charge is -2.34. The van der Waals surface area contributed by atoms with Crippen molar-refractivity contribution in [3.05, 3.63) is 126 Å². The number of carboxylic acid groups (broad SMARTS) is 2. The molecule has 0 saturated carbocycles. The molecular weight excluding hydrogens is 963 g/mol. The van der Waals surface area contributed by atoms with Gasteiger partial charge in [0.1, 0.15) is 19.3 Å². The molecule has 3 unspecified atom stereocenters. The van der Waals surface area contributed by atoms with Crippen molar-refractivity contribution >= 4 is 48.8 Å². The summed E-state index contributed by atoms with van der Waals surface area (Å²) in [4.78, 5) is 78.8. The van der Waals surface area contributed by atoms with Gasteiger partial charge in [0, 0.05) is 24.2 Å². The predicted molar refractivity (Wildman–Crippen MR) is 292 cm³/mol. The summed E-state index contributed by atoms with van der Waals surface area (Å²) in [6, 6.07) is 28.5. The minimum absolute atomic E-state index is 0.0662. The minimum atomic E-state index is -1.20. The number of piperidine rings is 1. The lowest BCUT2D eigenvalue weighted by Crippen LogP contribution is -2.50. The molecule has 5 N–H and O–H groups in total. The number of ether oxygens (including phenoxy) is 4. The summed E-state index contributed by atoms with van der Waals surface area (Å²) >= 11 is 0. The average molecular weight is 1040 g/mol. The van der Waals surface area contributed by atoms with Crippen molar-refractivity contribution in [3.63, 3.8) is 0 Å². The number of Topliss-reactive ketones (excluding diaryl/α,β-unsaturated/α-hetero) is 1. The minimum Gasteiger partial charge on any atom is -0.493 e. The van der Waals surface area contributed by atoms with E-state index in [9.17, 15) is 29.1 Å². The molecule has 1 heterocycles. The normalized spacial score (nSPS) is 13.3. The lowest BCUT2D eigenvalue weighted by molar-refractivity contribution is -0.154. The quantitative estimate of drug-likeness (QED) is 0.0375. The van der Waals surface area contributed by atoms with Gasteiger partial charge in [-0.15, -0.1) is 6.58 Å². The van der Waals surface area contributed by atoms with Crippen LogP contribution in [0, 0.1) is 5.41 Å². The predicted octanol–water partition coefficient (Wildman–Crippen LogP) is 9.91. The number of alkyl carbamates (subject to hydrolysis) is 1. The molecule has 3 amide bonds. The van der Waals surface area contributed by atoms with Crippen LogP contribution in [0.5, 0.6) is 11.5 Å². The Morgan fingerprint density at radius 3 is 1.84 bits per heavy atom. The highest BCUT2D eigenvalue weighted by atomic mass is 16.5. The van der Waals surface area contributed by atoms with E-state index in [-0.39, 0.29) is 38.1 Å². The molecule has 1 aliphatic carbocycles. The number of fused-ring (bicyclic) bond motifs is 3. The van der Waals surface area contributed by atoms with Crippen LogP contribution in [-0.4, -0.2) is 115 Å². The van der Waals surface area contributed by atoms with Gasteiger partial charge in [-0.05, 0) is 131 Å². The van der Waals surface area contributed by atoms with Crippen LogP contribution in [0.15, 0.2) is 104 Å². The van der Waals surface area contributed by atoms with E-state index in [1.54, 1.807) is 45.1 Å². The molecule has 4 aromatic rings. The van der Waals surface area contributed by atoms with Crippen molar-refractivity contribution < 1.29 is 67.8 Å². The molecule has 0 radical (unpaired) electrons. The number of rotatable bonds is 17. The number of carbonyl (C=O) groups excluding carboxylic acids is 5. The standard InChI is InChI=1S/C36H38N2O6.C13H21NO4.C3H6.2C2H6.2CH2O2/c1-23(39)34(38-36(41)44-22-31-29-16-6-4-14-27(29)28-15-5-7-17-30(28)31)35(40)37-26-13-9-12-24(20-26)10-8-11-25-18-19-32(42-2)33(21-25)43-3;1-10-6-4-5-7-14(10)12(17)11(16)13(2,3)8-18-9-15;1-3-2;2*1-2;2*2-1-3/h4-7,9,12-21,23,31,34,39H,8,10-11,22H2,1-3H3,(H,37,40)(H,38,41);9-10H,4-8H2,1-3H3;3H,1H2,2H3;2*1-2H3;2*1H,(H,2,3). The summed E-state index contributed by atoms with van der Waals surface area (Å²) < 4.78 is 20.9. The molecule has 1 saturated heterocycles. The van der Waals surface area contributed by atoms with Crippen molar-refractivity contribution in [2.24, 2.45) is 5.41 Å². The largest absolute Gasteiger partial charge is 0.493 e. The number of nitrogens with zero attached hydrogens (tertiary/aromatic N) is 1. The Kier molecular flexibility index (Phi) is 34.3. The van der Waals surface area contributed by atoms with Gasteiger partial charge in [-0.25, -0.2) is 4.79 Å². The molecule has 0 aromatic heterocycles. The van der Waals surface area contributed by atoms with Crippen LogP contribution in [0.3, 0.4) is 0 Å². The fraction of sp³-hybridized carbons (Fsp3) is 0.431. The number of aliphatic hydroxyl groups excluding tert-OH is 1. The summed E-state index contributed by atoms with van der Waals surface area (Å²) in [5.74, 6) is -0.186. The SMILES string of the molecule is C=CC.CC.CC.CC1CCCCN1C(=O)C(=O)C(C)(C)COC=O.COc1ccc(CCCc2cccc(NC(=O)C(NC(=O)OCC3c4ccccc4-c4ccccc43)C(C)O)c2)cc1OC.O=CO.O=CO. The van der Waals surface area contributed by atoms with Crippen LogP contribution in [0.2, 0.25) is 0 Å². The van der Waals surface area contributed by atoms with Crippen LogP contribution in [0.1, 0.15) is 116 Å². The van der Waals surface area contributed by atoms with E-state index in [0.717, 1.165) is 71.9 Å². The number of hydrogen-bond donors (Lipinski definition) is 5. The number of aliphatic hydroxyl groups is 1. The average Bonchev–Trinajstić information content (AvgIpc) is 3.74. The third-order valence-electron chi connectivity index (χ3n) is 11.3. The molecule has 0 bridgehead atoms. The lowest BCUT2D eigenvalue weighted by atomic mass is 9.87. The fourth-order valence-corrected chi connectivity index (χ4v) is 7.86. The molecule has 3 atom stereocenters. The van der Waals surface area contributed by atoms with Gasteiger partial charge >= 0.3 is 6.09 Å². The summed E-state index contributed by atoms with van der Waals surface area (Å²) in [5, 5.41) is 29.5. The number of ketones is 1. The fourth-order valence-electron chi connectivity index (χ4n) is 7.86. The van der Waals surface area contributed by atoms with Gasteiger partial charge in [-0.1, -0.05) is 101 Å². The first kappa shape index (κ1) is 67.5. The second-order valence-electron chi connectivity index (χ2n) is 17.0. The molecule has 17 nitrogen and oxygen atoms in total. The summed E-state index contributed by atoms with van der Waals surface area (Å²) in [7, 11) is 3.24. The van der Waals surface area contributed by atoms with Gasteiger partial charge in [0.2, 0.25) is 11.7 Å². The molecule has 1 fully saturated rings. The number of amides is 3. The number of benzene rings is 4. The van der Waals surface area contributed by atoms with E-state index >= 15 is 0 Å². The molecule has 1 aliphatic heterocycles. The first-order valence-corrected chi connectivity index (χ1v) is 25.1. The Balaban J connectivity index is 0.00000146. The molecule has 0 spiro atoms. The zero-order chi connectivity index (χ0) is 56.9. The number of anilines is 1. The smallest absolute Gasteiger partial charge is 0.407 e. The molecule has 6 rings (SSSR count). The Hall–Kier alpha value is -7.53. The van der Waals surface area contributed by atoms with Gasteiger partial charge in [-0.2, -0.15) is 0 Å². The van der Waals surface area contributed by atoms with Gasteiger partial charge in [0.15, 0.2) is 11.5 Å². The second-order valence-corrected chi connectivity index (χ2v) is 17.0. The molecule has 75 heavy (non-hydrogen) atoms. The molecule has 412 valence electrons. The maximum absolute atomic E-state index is 13.1. The molecular formula is C58H81N3O14. The van der Waals surface area contributed by atoms with E-state index in [2.05, 4.69) is 34.1 Å². The van der Waals surface area contributed by atoms with E-state index in [1.165, 1.54) is 6.92 Å². The maximum atomic E-state index is 13.1. The number of likely N-dealkylation sites (tertiary alicyclic amines) is 1. The van der Waals surface area contributed by atoms with Gasteiger partial charge in [0.25, 0.3) is 25.3 Å². The first-order chi connectivity index (χ1) is 36.0. The first-order valence-electron chi connectivity index (χ1n) is 25.1. The number of hydrogen-bond acceptors (Lipinski definition) is 12. The third kappa shape index (κ3) is 22.6. The van der Waals surface area contributed by atoms with Crippen LogP contribution >= 0.6 is 0 Å². The molecule has 4 aromatic carbocycles. The number of aryl methyl sites for hydroxylation is 2. The zero-order valence-corrected chi connectivity index (χ0v) is 45.6. The van der Waals surface area contributed by atoms with Crippen LogP contribution in [0.4, 0.5) is 10.5 Å². The van der Waals surface area contributed by atoms with Crippen LogP contribution < -0.4 is 20.1 Å². The highest BCUT2D eigenvalue weighted by Crippen LogP contribution is 2.44. The third-order valence-corrected chi connectivity index (χ3v) is 11.3. The summed E-state index contributed by atoms with van der Waals surface area (Å²) in [6.45, 7) is 20.4. The van der Waals surface area contributed by atoms with Crippen molar-refractivity contribution in [2.45, 2.75) is 125 Å². The Bertz CT molecular complexity index is 2290. The monoisotopic (exact) mass is 1040 g/mol. The topological polar surface area (TPSA) is 244 Å². The van der Waals surface area contributed by atoms with E-state index in [4.69, 9.17) is 34.0 Å². The van der Waals surface area contributed by atoms with E-state index in [1.807, 2.05) is 114 Å². The summed E-state index contributed by atoms with van der Waals surface area (Å²) in [6.07, 6.45) is 5.36. The molecule has 2 aliphatic rings. The number of methoxy groups -OCH3 is 2. The van der Waals surface area contributed by atoms with E-state index in [0.29, 0.717) is 30.2 Å². The van der Waals surface area contributed by atoms with Crippen molar-refractivity contribution in [3.8, 4) is 22.6 Å². The van der Waals surface area contributed by atoms with Crippen molar-refractivity contribution in [1.82, 2.24) is 10.2 Å². The highest BCUT2D eigenvalue weighted by molar-refractivity contribution is 6.38. The van der Waals surface area contributed by atoms with Gasteiger partial charge < -0.3 is 49.8 Å². The number of carbonyl (C=O) groups is 7. The number of nitrogens with one attached hydrogen (secondary N) is 2. The van der Waals surface area contributed by atoms with E-state index < -0.39 is 41.3 Å². The Labute approximate surface area is 443 Å². The zero-order valence-electron chi connectivity index (χ0n) is 45.6. The Morgan fingerprint density at radius 1 is 0.800 bits per heavy atom. The van der Waals surface area contributed by atoms with Crippen molar-refractivity contribution in [2.75, 3.05) is 39.3 Å². The second kappa shape index (κ2) is 38.1. The Morgan fingerprint density at radius 2 is 1.33 bits per heavy atom. The maximum Gasteiger partial charge on any atom is 0.407 e. The molecule has 17 heteroatoms. The van der Waals surface area contributed by atoms with Gasteiger partial charge in [0.05, 0.1) is 25.7 Å². The summed E-state index contributed by atoms with van der Waals surface area (Å²) in [5.41, 5.74) is 6.26. The van der Waals surface area contributed by atoms with Gasteiger partial charge in [-0.3, -0.25) is 28.8 Å². The van der Waals surface area contributed by atoms with Crippen LogP contribution in [-0.2, 0) is 51.1 Å². The van der Waals surface area contributed by atoms with Crippen molar-refractivity contribution in [1.29, 1.82) is 0 Å².